The summed E-state index contributed by atoms with van der Waals surface area (Å²) in [7, 11) is 0. The van der Waals surface area contributed by atoms with Crippen LogP contribution < -0.4 is 5.32 Å². The molecule has 1 aliphatic rings. The van der Waals surface area contributed by atoms with Gasteiger partial charge in [0.1, 0.15) is 0 Å². The van der Waals surface area contributed by atoms with E-state index in [-0.39, 0.29) is 5.91 Å². The van der Waals surface area contributed by atoms with Gasteiger partial charge in [-0.05, 0) is 73.6 Å². The predicted molar refractivity (Wildman–Crippen MR) is 122 cm³/mol. The summed E-state index contributed by atoms with van der Waals surface area (Å²) in [6, 6.07) is 17.5. The summed E-state index contributed by atoms with van der Waals surface area (Å²) < 4.78 is 1.73. The highest BCUT2D eigenvalue weighted by Gasteiger charge is 2.14. The first kappa shape index (κ1) is 21.5. The second-order valence-corrected chi connectivity index (χ2v) is 8.66. The van der Waals surface area contributed by atoms with E-state index in [2.05, 4.69) is 25.7 Å². The van der Waals surface area contributed by atoms with Crippen LogP contribution in [-0.4, -0.2) is 57.2 Å². The number of carbonyl (C=O) groups is 1. The molecule has 1 saturated heterocycles. The van der Waals surface area contributed by atoms with E-state index in [1.54, 1.807) is 16.4 Å². The Hall–Kier alpha value is -2.71. The number of benzene rings is 2. The summed E-state index contributed by atoms with van der Waals surface area (Å²) in [4.78, 5) is 16.2. The number of thioether (sulfide) groups is 1. The van der Waals surface area contributed by atoms with E-state index in [0.717, 1.165) is 29.4 Å². The molecule has 0 aliphatic carbocycles. The minimum absolute atomic E-state index is 0.0237. The summed E-state index contributed by atoms with van der Waals surface area (Å²) >= 11 is 1.57. The van der Waals surface area contributed by atoms with Crippen molar-refractivity contribution in [3.8, 4) is 5.69 Å². The van der Waals surface area contributed by atoms with Crippen LogP contribution in [0.2, 0.25) is 0 Å². The minimum atomic E-state index is -0.0237. The maximum absolute atomic E-state index is 12.8. The number of tetrazole rings is 1. The lowest BCUT2D eigenvalue weighted by Crippen LogP contribution is -2.33. The van der Waals surface area contributed by atoms with E-state index in [1.165, 1.54) is 32.4 Å². The molecule has 2 heterocycles. The SMILES string of the molecule is O=C(NCCCN1CCCCC1)c1ccccc1SCc1nnnn1-c1ccccc1. The summed E-state index contributed by atoms with van der Waals surface area (Å²) in [6.07, 6.45) is 4.92. The third-order valence-corrected chi connectivity index (χ3v) is 6.48. The normalized spacial score (nSPS) is 14.5. The number of aromatic nitrogens is 4. The average Bonchev–Trinajstić information content (AvgIpc) is 3.30. The van der Waals surface area contributed by atoms with Gasteiger partial charge in [-0.1, -0.05) is 36.8 Å². The molecule has 7 nitrogen and oxygen atoms in total. The smallest absolute Gasteiger partial charge is 0.252 e. The molecule has 8 heteroatoms. The van der Waals surface area contributed by atoms with Crippen LogP contribution in [0.4, 0.5) is 0 Å². The van der Waals surface area contributed by atoms with Gasteiger partial charge >= 0.3 is 0 Å². The first-order valence-corrected chi connectivity index (χ1v) is 11.8. The number of likely N-dealkylation sites (tertiary alicyclic amines) is 1. The number of amides is 1. The van der Waals surface area contributed by atoms with Gasteiger partial charge in [0.15, 0.2) is 5.82 Å². The fourth-order valence-electron chi connectivity index (χ4n) is 3.77. The zero-order valence-corrected chi connectivity index (χ0v) is 18.4. The molecule has 2 aromatic carbocycles. The highest BCUT2D eigenvalue weighted by atomic mass is 32.2. The Labute approximate surface area is 187 Å². The molecule has 1 aliphatic heterocycles. The molecule has 31 heavy (non-hydrogen) atoms. The maximum Gasteiger partial charge on any atom is 0.252 e. The number of nitrogens with zero attached hydrogens (tertiary/aromatic N) is 5. The Morgan fingerprint density at radius 2 is 1.77 bits per heavy atom. The van der Waals surface area contributed by atoms with Crippen LogP contribution in [0, 0.1) is 0 Å². The Balaban J connectivity index is 1.32. The third kappa shape index (κ3) is 5.92. The van der Waals surface area contributed by atoms with Crippen LogP contribution in [0.3, 0.4) is 0 Å². The van der Waals surface area contributed by atoms with Gasteiger partial charge in [-0.15, -0.1) is 16.9 Å². The van der Waals surface area contributed by atoms with Crippen molar-refractivity contribution in [2.45, 2.75) is 36.3 Å². The van der Waals surface area contributed by atoms with Gasteiger partial charge in [-0.3, -0.25) is 4.79 Å². The maximum atomic E-state index is 12.8. The predicted octanol–water partition coefficient (Wildman–Crippen LogP) is 3.56. The van der Waals surface area contributed by atoms with Crippen molar-refractivity contribution in [2.75, 3.05) is 26.2 Å². The molecule has 0 bridgehead atoms. The lowest BCUT2D eigenvalue weighted by atomic mass is 10.1. The molecule has 1 N–H and O–H groups in total. The minimum Gasteiger partial charge on any atom is -0.352 e. The lowest BCUT2D eigenvalue weighted by molar-refractivity contribution is 0.0948. The number of hydrogen-bond acceptors (Lipinski definition) is 6. The standard InChI is InChI=1S/C23H28N6OS/c30-23(24-14-9-17-28-15-7-2-8-16-28)20-12-5-6-13-21(20)31-18-22-25-26-27-29(22)19-10-3-1-4-11-19/h1,3-6,10-13H,2,7-9,14-18H2,(H,24,30). The average molecular weight is 437 g/mol. The summed E-state index contributed by atoms with van der Waals surface area (Å²) in [5.41, 5.74) is 1.62. The number of carbonyl (C=O) groups excluding carboxylic acids is 1. The van der Waals surface area contributed by atoms with Crippen molar-refractivity contribution in [1.82, 2.24) is 30.4 Å². The molecule has 1 amide bonds. The molecule has 1 fully saturated rings. The molecule has 1 aromatic heterocycles. The van der Waals surface area contributed by atoms with Gasteiger partial charge in [-0.25, -0.2) is 0 Å². The summed E-state index contributed by atoms with van der Waals surface area (Å²) in [5, 5.41) is 15.2. The van der Waals surface area contributed by atoms with E-state index in [4.69, 9.17) is 0 Å². The van der Waals surface area contributed by atoms with Crippen molar-refractivity contribution in [1.29, 1.82) is 0 Å². The van der Waals surface area contributed by atoms with Gasteiger partial charge in [-0.2, -0.15) is 4.68 Å². The lowest BCUT2D eigenvalue weighted by Gasteiger charge is -2.26. The van der Waals surface area contributed by atoms with Crippen molar-refractivity contribution in [3.63, 3.8) is 0 Å². The molecule has 0 radical (unpaired) electrons. The number of nitrogens with one attached hydrogen (secondary N) is 1. The van der Waals surface area contributed by atoms with Crippen LogP contribution in [0.1, 0.15) is 41.9 Å². The largest absolute Gasteiger partial charge is 0.352 e. The van der Waals surface area contributed by atoms with Gasteiger partial charge in [0.2, 0.25) is 0 Å². The van der Waals surface area contributed by atoms with Crippen molar-refractivity contribution in [3.05, 3.63) is 66.0 Å². The van der Waals surface area contributed by atoms with Crippen molar-refractivity contribution in [2.24, 2.45) is 0 Å². The monoisotopic (exact) mass is 436 g/mol. The fourth-order valence-corrected chi connectivity index (χ4v) is 4.73. The van der Waals surface area contributed by atoms with Gasteiger partial charge in [0, 0.05) is 11.4 Å². The number of rotatable bonds is 9. The van der Waals surface area contributed by atoms with Gasteiger partial charge in [0.05, 0.1) is 17.0 Å². The number of piperidine rings is 1. The topological polar surface area (TPSA) is 75.9 Å². The van der Waals surface area contributed by atoms with Crippen LogP contribution in [0.15, 0.2) is 59.5 Å². The Morgan fingerprint density at radius 3 is 2.61 bits per heavy atom. The van der Waals surface area contributed by atoms with E-state index in [9.17, 15) is 4.79 Å². The highest BCUT2D eigenvalue weighted by molar-refractivity contribution is 7.98. The highest BCUT2D eigenvalue weighted by Crippen LogP contribution is 2.26. The zero-order chi connectivity index (χ0) is 21.3. The van der Waals surface area contributed by atoms with Crippen LogP contribution in [-0.2, 0) is 5.75 Å². The first-order chi connectivity index (χ1) is 15.3. The van der Waals surface area contributed by atoms with Gasteiger partial charge in [0.25, 0.3) is 5.91 Å². The first-order valence-electron chi connectivity index (χ1n) is 10.9. The molecule has 4 rings (SSSR count). The second kappa shape index (κ2) is 11.1. The summed E-state index contributed by atoms with van der Waals surface area (Å²) in [6.45, 7) is 4.13. The van der Waals surface area contributed by atoms with Crippen molar-refractivity contribution < 1.29 is 4.79 Å². The Bertz CT molecular complexity index is 971. The molecule has 0 spiro atoms. The molecular formula is C23H28N6OS. The van der Waals surface area contributed by atoms with E-state index in [0.29, 0.717) is 17.9 Å². The Morgan fingerprint density at radius 1 is 1.00 bits per heavy atom. The quantitative estimate of drug-likeness (QED) is 0.408. The van der Waals surface area contributed by atoms with Crippen LogP contribution in [0.25, 0.3) is 5.69 Å². The third-order valence-electron chi connectivity index (χ3n) is 5.41. The second-order valence-electron chi connectivity index (χ2n) is 7.64. The number of hydrogen-bond donors (Lipinski definition) is 1. The molecule has 0 saturated carbocycles. The molecule has 3 aromatic rings. The molecule has 0 atom stereocenters. The zero-order valence-electron chi connectivity index (χ0n) is 17.6. The van der Waals surface area contributed by atoms with Crippen LogP contribution >= 0.6 is 11.8 Å². The summed E-state index contributed by atoms with van der Waals surface area (Å²) in [5.74, 6) is 1.29. The molecule has 162 valence electrons. The Kier molecular flexibility index (Phi) is 7.68. The van der Waals surface area contributed by atoms with E-state index >= 15 is 0 Å². The van der Waals surface area contributed by atoms with E-state index in [1.807, 2.05) is 54.6 Å². The molecular weight excluding hydrogens is 408 g/mol. The van der Waals surface area contributed by atoms with Crippen LogP contribution in [0.5, 0.6) is 0 Å². The van der Waals surface area contributed by atoms with Gasteiger partial charge < -0.3 is 10.2 Å². The number of para-hydroxylation sites is 1. The fraction of sp³-hybridized carbons (Fsp3) is 0.391. The van der Waals surface area contributed by atoms with Crippen molar-refractivity contribution >= 4 is 17.7 Å². The van der Waals surface area contributed by atoms with E-state index < -0.39 is 0 Å². The molecule has 0 unspecified atom stereocenters.